The van der Waals surface area contributed by atoms with Crippen LogP contribution in [0.1, 0.15) is 22.7 Å². The van der Waals surface area contributed by atoms with E-state index in [4.69, 9.17) is 9.47 Å². The average molecular weight is 374 g/mol. The molecule has 0 saturated heterocycles. The maximum Gasteiger partial charge on any atom is 0.322 e. The predicted octanol–water partition coefficient (Wildman–Crippen LogP) is 4.52. The minimum Gasteiger partial charge on any atom is -0.497 e. The molecule has 142 valence electrons. The fourth-order valence-electron chi connectivity index (χ4n) is 3.58. The van der Waals surface area contributed by atoms with Crippen LogP contribution in [0, 0.1) is 0 Å². The number of nitrogens with zero attached hydrogens (tertiary/aromatic N) is 1. The minimum absolute atomic E-state index is 0.134. The molecule has 1 aliphatic rings. The van der Waals surface area contributed by atoms with Crippen LogP contribution in [0.3, 0.4) is 0 Å². The fraction of sp³-hybridized carbons (Fsp3) is 0.174. The third kappa shape index (κ3) is 3.27. The van der Waals surface area contributed by atoms with Crippen molar-refractivity contribution in [3.63, 3.8) is 0 Å². The Bertz CT molecular complexity index is 971. The van der Waals surface area contributed by atoms with Crippen LogP contribution in [-0.2, 0) is 6.54 Å². The Balaban J connectivity index is 1.75. The molecule has 0 saturated carbocycles. The largest absolute Gasteiger partial charge is 0.497 e. The van der Waals surface area contributed by atoms with Crippen LogP contribution in [-0.4, -0.2) is 20.3 Å². The van der Waals surface area contributed by atoms with E-state index < -0.39 is 0 Å². The number of anilines is 1. The topological polar surface area (TPSA) is 50.8 Å². The Labute approximate surface area is 164 Å². The summed E-state index contributed by atoms with van der Waals surface area (Å²) in [5.74, 6) is 1.55. The van der Waals surface area contributed by atoms with Gasteiger partial charge >= 0.3 is 6.03 Å². The molecular weight excluding hydrogens is 352 g/mol. The standard InChI is InChI=1S/C23H22N2O3/c1-27-18-13-11-16(12-14-18)15-25-19-9-6-10-20(28-2)21(19)22(24-23(25)26)17-7-4-3-5-8-17/h3-14,22H,15H2,1-2H3,(H,24,26). The molecule has 1 unspecified atom stereocenters. The first-order chi connectivity index (χ1) is 13.7. The summed E-state index contributed by atoms with van der Waals surface area (Å²) in [7, 11) is 3.29. The van der Waals surface area contributed by atoms with Crippen LogP contribution >= 0.6 is 0 Å². The van der Waals surface area contributed by atoms with E-state index in [1.165, 1.54) is 0 Å². The fourth-order valence-corrected chi connectivity index (χ4v) is 3.58. The zero-order chi connectivity index (χ0) is 19.5. The summed E-state index contributed by atoms with van der Waals surface area (Å²) in [6.45, 7) is 0.456. The SMILES string of the molecule is COc1ccc(CN2C(=O)NC(c3ccccc3)c3c(OC)cccc32)cc1. The Morgan fingerprint density at radius 2 is 1.64 bits per heavy atom. The van der Waals surface area contributed by atoms with Crippen LogP contribution in [0.5, 0.6) is 11.5 Å². The normalized spacial score (nSPS) is 15.6. The highest BCUT2D eigenvalue weighted by Crippen LogP contribution is 2.41. The zero-order valence-electron chi connectivity index (χ0n) is 15.9. The monoisotopic (exact) mass is 374 g/mol. The Kier molecular flexibility index (Phi) is 4.89. The van der Waals surface area contributed by atoms with Gasteiger partial charge in [-0.15, -0.1) is 0 Å². The van der Waals surface area contributed by atoms with Gasteiger partial charge < -0.3 is 14.8 Å². The number of methoxy groups -OCH3 is 2. The van der Waals surface area contributed by atoms with Gasteiger partial charge in [0.05, 0.1) is 32.5 Å². The molecular formula is C23H22N2O3. The molecule has 0 spiro atoms. The second-order valence-electron chi connectivity index (χ2n) is 6.62. The summed E-state index contributed by atoms with van der Waals surface area (Å²) in [5, 5.41) is 3.14. The van der Waals surface area contributed by atoms with E-state index in [9.17, 15) is 4.79 Å². The van der Waals surface area contributed by atoms with Crippen molar-refractivity contribution in [2.45, 2.75) is 12.6 Å². The molecule has 0 bridgehead atoms. The first-order valence-electron chi connectivity index (χ1n) is 9.14. The third-order valence-corrected chi connectivity index (χ3v) is 4.99. The number of hydrogen-bond donors (Lipinski definition) is 1. The summed E-state index contributed by atoms with van der Waals surface area (Å²) in [4.78, 5) is 14.8. The summed E-state index contributed by atoms with van der Waals surface area (Å²) in [5.41, 5.74) is 3.85. The van der Waals surface area contributed by atoms with Gasteiger partial charge in [0.2, 0.25) is 0 Å². The van der Waals surface area contributed by atoms with Gasteiger partial charge in [-0.1, -0.05) is 48.5 Å². The second-order valence-corrected chi connectivity index (χ2v) is 6.62. The molecule has 0 radical (unpaired) electrons. The van der Waals surface area contributed by atoms with Gasteiger partial charge in [-0.25, -0.2) is 4.79 Å². The van der Waals surface area contributed by atoms with Crippen molar-refractivity contribution in [1.29, 1.82) is 0 Å². The lowest BCUT2D eigenvalue weighted by atomic mass is 9.93. The van der Waals surface area contributed by atoms with E-state index in [2.05, 4.69) is 5.32 Å². The third-order valence-electron chi connectivity index (χ3n) is 4.99. The smallest absolute Gasteiger partial charge is 0.322 e. The molecule has 3 aromatic carbocycles. The Hall–Kier alpha value is -3.47. The average Bonchev–Trinajstić information content (AvgIpc) is 2.76. The highest BCUT2D eigenvalue weighted by Gasteiger charge is 2.34. The number of rotatable bonds is 5. The number of urea groups is 1. The molecule has 28 heavy (non-hydrogen) atoms. The second kappa shape index (κ2) is 7.64. The molecule has 1 heterocycles. The molecule has 3 aromatic rings. The minimum atomic E-state index is -0.257. The van der Waals surface area contributed by atoms with Gasteiger partial charge in [0, 0.05) is 5.56 Å². The number of nitrogens with one attached hydrogen (secondary N) is 1. The number of carbonyl (C=O) groups excluding carboxylic acids is 1. The molecule has 5 heteroatoms. The molecule has 1 aliphatic heterocycles. The van der Waals surface area contributed by atoms with Crippen LogP contribution in [0.4, 0.5) is 10.5 Å². The summed E-state index contributed by atoms with van der Waals surface area (Å²) in [6.07, 6.45) is 0. The maximum absolute atomic E-state index is 13.0. The van der Waals surface area contributed by atoms with Crippen LogP contribution < -0.4 is 19.7 Å². The lowest BCUT2D eigenvalue weighted by molar-refractivity contribution is 0.241. The van der Waals surface area contributed by atoms with Crippen molar-refractivity contribution in [2.24, 2.45) is 0 Å². The van der Waals surface area contributed by atoms with E-state index in [0.717, 1.165) is 33.9 Å². The van der Waals surface area contributed by atoms with Crippen LogP contribution in [0.25, 0.3) is 0 Å². The van der Waals surface area contributed by atoms with Crippen molar-refractivity contribution >= 4 is 11.7 Å². The number of ether oxygens (including phenoxy) is 2. The molecule has 0 aromatic heterocycles. The highest BCUT2D eigenvalue weighted by atomic mass is 16.5. The first kappa shape index (κ1) is 17.9. The predicted molar refractivity (Wildman–Crippen MR) is 109 cm³/mol. The Morgan fingerprint density at radius 1 is 0.893 bits per heavy atom. The molecule has 5 nitrogen and oxygen atoms in total. The van der Waals surface area contributed by atoms with Crippen molar-refractivity contribution < 1.29 is 14.3 Å². The molecule has 0 aliphatic carbocycles. The number of benzene rings is 3. The van der Waals surface area contributed by atoms with Gasteiger partial charge in [0.25, 0.3) is 0 Å². The maximum atomic E-state index is 13.0. The van der Waals surface area contributed by atoms with E-state index in [1.54, 1.807) is 19.1 Å². The lowest BCUT2D eigenvalue weighted by Crippen LogP contribution is -2.46. The summed E-state index contributed by atoms with van der Waals surface area (Å²) < 4.78 is 10.9. The van der Waals surface area contributed by atoms with Gasteiger partial charge in [-0.05, 0) is 35.4 Å². The van der Waals surface area contributed by atoms with Crippen molar-refractivity contribution in [1.82, 2.24) is 5.32 Å². The summed E-state index contributed by atoms with van der Waals surface area (Å²) in [6, 6.07) is 23.1. The van der Waals surface area contributed by atoms with Gasteiger partial charge in [0.1, 0.15) is 11.5 Å². The van der Waals surface area contributed by atoms with Crippen molar-refractivity contribution in [3.8, 4) is 11.5 Å². The summed E-state index contributed by atoms with van der Waals surface area (Å²) >= 11 is 0. The van der Waals surface area contributed by atoms with Crippen molar-refractivity contribution in [2.75, 3.05) is 19.1 Å². The number of amides is 2. The lowest BCUT2D eigenvalue weighted by Gasteiger charge is -2.36. The van der Waals surface area contributed by atoms with E-state index in [0.29, 0.717) is 6.54 Å². The number of fused-ring (bicyclic) bond motifs is 1. The van der Waals surface area contributed by atoms with Crippen LogP contribution in [0.2, 0.25) is 0 Å². The first-order valence-corrected chi connectivity index (χ1v) is 9.14. The van der Waals surface area contributed by atoms with Crippen molar-refractivity contribution in [3.05, 3.63) is 89.5 Å². The van der Waals surface area contributed by atoms with E-state index >= 15 is 0 Å². The highest BCUT2D eigenvalue weighted by molar-refractivity contribution is 5.96. The molecule has 4 rings (SSSR count). The Morgan fingerprint density at radius 3 is 2.32 bits per heavy atom. The van der Waals surface area contributed by atoms with E-state index in [-0.39, 0.29) is 12.1 Å². The molecule has 2 amide bonds. The van der Waals surface area contributed by atoms with Gasteiger partial charge in [-0.2, -0.15) is 0 Å². The molecule has 1 atom stereocenters. The number of hydrogen-bond acceptors (Lipinski definition) is 3. The quantitative estimate of drug-likeness (QED) is 0.714. The zero-order valence-corrected chi connectivity index (χ0v) is 15.9. The molecule has 1 N–H and O–H groups in total. The van der Waals surface area contributed by atoms with Gasteiger partial charge in [0.15, 0.2) is 0 Å². The van der Waals surface area contributed by atoms with Gasteiger partial charge in [-0.3, -0.25) is 4.90 Å². The van der Waals surface area contributed by atoms with E-state index in [1.807, 2.05) is 72.8 Å². The van der Waals surface area contributed by atoms with Crippen LogP contribution in [0.15, 0.2) is 72.8 Å². The number of carbonyl (C=O) groups is 1. The molecule has 0 fully saturated rings.